The van der Waals surface area contributed by atoms with Gasteiger partial charge in [-0.05, 0) is 36.2 Å². The highest BCUT2D eigenvalue weighted by Gasteiger charge is 2.13. The highest BCUT2D eigenvalue weighted by Crippen LogP contribution is 2.23. The average Bonchev–Trinajstić information content (AvgIpc) is 2.75. The summed E-state index contributed by atoms with van der Waals surface area (Å²) in [6, 6.07) is 14.8. The SMILES string of the molecule is C=CNC(=O)c1cccc(NCNC(=O)c2cc3ccccc3c(CCC)n2)c1N. The molecular weight excluding hydrogens is 378 g/mol. The monoisotopic (exact) mass is 403 g/mol. The second-order valence-corrected chi connectivity index (χ2v) is 6.73. The first kappa shape index (κ1) is 20.9. The number of hydrogen-bond donors (Lipinski definition) is 4. The molecule has 2 amide bonds. The Morgan fingerprint density at radius 3 is 2.70 bits per heavy atom. The van der Waals surface area contributed by atoms with Gasteiger partial charge in [0.2, 0.25) is 0 Å². The van der Waals surface area contributed by atoms with Crippen molar-refractivity contribution in [2.75, 3.05) is 17.7 Å². The Balaban J connectivity index is 1.72. The normalized spacial score (nSPS) is 10.4. The zero-order chi connectivity index (χ0) is 21.5. The standard InChI is InChI=1S/C23H25N5O2/c1-3-8-18-16-10-6-5-9-15(16)13-20(28-18)23(30)27-14-26-19-12-7-11-17(21(19)24)22(29)25-4-2/h4-7,9-13,26H,2-3,8,14,24H2,1H3,(H,25,29)(H,27,30). The predicted molar refractivity (Wildman–Crippen MR) is 120 cm³/mol. The molecule has 0 saturated carbocycles. The molecule has 0 saturated heterocycles. The lowest BCUT2D eigenvalue weighted by molar-refractivity contribution is 0.0948. The first-order valence-electron chi connectivity index (χ1n) is 9.76. The molecule has 1 heterocycles. The van der Waals surface area contributed by atoms with E-state index >= 15 is 0 Å². The van der Waals surface area contributed by atoms with Crippen LogP contribution in [0.1, 0.15) is 39.9 Å². The molecule has 0 fully saturated rings. The lowest BCUT2D eigenvalue weighted by atomic mass is 10.1. The largest absolute Gasteiger partial charge is 0.396 e. The van der Waals surface area contributed by atoms with Gasteiger partial charge in [-0.3, -0.25) is 9.59 Å². The van der Waals surface area contributed by atoms with Gasteiger partial charge in [0.15, 0.2) is 0 Å². The maximum absolute atomic E-state index is 12.7. The minimum atomic E-state index is -0.348. The molecule has 0 aliphatic rings. The molecule has 5 N–H and O–H groups in total. The van der Waals surface area contributed by atoms with Crippen LogP contribution in [-0.2, 0) is 6.42 Å². The highest BCUT2D eigenvalue weighted by atomic mass is 16.2. The Morgan fingerprint density at radius 2 is 1.93 bits per heavy atom. The fourth-order valence-corrected chi connectivity index (χ4v) is 3.21. The number of rotatable bonds is 8. The summed E-state index contributed by atoms with van der Waals surface area (Å²) in [5, 5.41) is 10.4. The smallest absolute Gasteiger partial charge is 0.271 e. The van der Waals surface area contributed by atoms with Crippen LogP contribution in [0.5, 0.6) is 0 Å². The number of para-hydroxylation sites is 1. The van der Waals surface area contributed by atoms with E-state index in [-0.39, 0.29) is 18.5 Å². The Bertz CT molecular complexity index is 1090. The van der Waals surface area contributed by atoms with E-state index in [1.54, 1.807) is 24.3 Å². The fourth-order valence-electron chi connectivity index (χ4n) is 3.21. The molecule has 7 heteroatoms. The number of carbonyl (C=O) groups is 2. The van der Waals surface area contributed by atoms with Gasteiger partial charge >= 0.3 is 0 Å². The summed E-state index contributed by atoms with van der Waals surface area (Å²) in [5.74, 6) is -0.635. The number of benzene rings is 2. The van der Waals surface area contributed by atoms with Crippen molar-refractivity contribution >= 4 is 34.0 Å². The zero-order valence-corrected chi connectivity index (χ0v) is 16.9. The summed E-state index contributed by atoms with van der Waals surface area (Å²) < 4.78 is 0. The van der Waals surface area contributed by atoms with E-state index in [1.165, 1.54) is 6.20 Å². The van der Waals surface area contributed by atoms with E-state index in [9.17, 15) is 9.59 Å². The summed E-state index contributed by atoms with van der Waals surface area (Å²) in [6.45, 7) is 5.69. The second-order valence-electron chi connectivity index (χ2n) is 6.73. The van der Waals surface area contributed by atoms with Crippen LogP contribution in [-0.4, -0.2) is 23.5 Å². The van der Waals surface area contributed by atoms with Gasteiger partial charge in [-0.25, -0.2) is 4.98 Å². The molecule has 154 valence electrons. The van der Waals surface area contributed by atoms with Gasteiger partial charge in [0.25, 0.3) is 11.8 Å². The van der Waals surface area contributed by atoms with Gasteiger partial charge < -0.3 is 21.7 Å². The molecule has 7 nitrogen and oxygen atoms in total. The molecule has 0 bridgehead atoms. The topological polar surface area (TPSA) is 109 Å². The molecule has 3 rings (SSSR count). The first-order valence-corrected chi connectivity index (χ1v) is 9.76. The quantitative estimate of drug-likeness (QED) is 0.340. The third-order valence-corrected chi connectivity index (χ3v) is 4.65. The van der Waals surface area contributed by atoms with E-state index in [0.717, 1.165) is 29.3 Å². The average molecular weight is 403 g/mol. The third kappa shape index (κ3) is 4.57. The number of nitrogens with zero attached hydrogens (tertiary/aromatic N) is 1. The third-order valence-electron chi connectivity index (χ3n) is 4.65. The van der Waals surface area contributed by atoms with Gasteiger partial charge in [0.05, 0.1) is 23.6 Å². The van der Waals surface area contributed by atoms with Crippen LogP contribution >= 0.6 is 0 Å². The van der Waals surface area contributed by atoms with Crippen molar-refractivity contribution in [3.63, 3.8) is 0 Å². The number of nitrogens with two attached hydrogens (primary N) is 1. The lowest BCUT2D eigenvalue weighted by Gasteiger charge is -2.13. The van der Waals surface area contributed by atoms with Crippen LogP contribution in [0.25, 0.3) is 10.8 Å². The summed E-state index contributed by atoms with van der Waals surface area (Å²) in [6.07, 6.45) is 3.04. The molecule has 0 atom stereocenters. The number of fused-ring (bicyclic) bond motifs is 1. The van der Waals surface area contributed by atoms with Crippen molar-refractivity contribution in [3.8, 4) is 0 Å². The van der Waals surface area contributed by atoms with Gasteiger partial charge in [0, 0.05) is 11.1 Å². The number of aryl methyl sites for hydroxylation is 1. The second kappa shape index (κ2) is 9.56. The molecule has 0 unspecified atom stereocenters. The van der Waals surface area contributed by atoms with Crippen molar-refractivity contribution in [2.45, 2.75) is 19.8 Å². The minimum absolute atomic E-state index is 0.132. The van der Waals surface area contributed by atoms with Crippen LogP contribution in [0.15, 0.2) is 61.3 Å². The van der Waals surface area contributed by atoms with Crippen LogP contribution in [0.2, 0.25) is 0 Å². The highest BCUT2D eigenvalue weighted by molar-refractivity contribution is 6.02. The van der Waals surface area contributed by atoms with E-state index < -0.39 is 0 Å². The molecule has 1 aromatic heterocycles. The maximum Gasteiger partial charge on any atom is 0.271 e. The lowest BCUT2D eigenvalue weighted by Crippen LogP contribution is -2.30. The van der Waals surface area contributed by atoms with Crippen molar-refractivity contribution < 1.29 is 9.59 Å². The van der Waals surface area contributed by atoms with Gasteiger partial charge in [-0.2, -0.15) is 0 Å². The summed E-state index contributed by atoms with van der Waals surface area (Å²) in [5.41, 5.74) is 8.52. The van der Waals surface area contributed by atoms with Crippen molar-refractivity contribution in [3.05, 3.63) is 78.3 Å². The molecule has 0 aliphatic heterocycles. The van der Waals surface area contributed by atoms with Gasteiger partial charge in [-0.1, -0.05) is 50.3 Å². The molecule has 0 spiro atoms. The molecule has 0 radical (unpaired) electrons. The Kier molecular flexibility index (Phi) is 6.64. The van der Waals surface area contributed by atoms with E-state index in [0.29, 0.717) is 22.6 Å². The Morgan fingerprint density at radius 1 is 1.13 bits per heavy atom. The Hall–Kier alpha value is -3.87. The summed E-state index contributed by atoms with van der Waals surface area (Å²) >= 11 is 0. The van der Waals surface area contributed by atoms with Gasteiger partial charge in [-0.15, -0.1) is 0 Å². The minimum Gasteiger partial charge on any atom is -0.396 e. The van der Waals surface area contributed by atoms with Crippen LogP contribution < -0.4 is 21.7 Å². The number of carbonyl (C=O) groups excluding carboxylic acids is 2. The number of nitrogens with one attached hydrogen (secondary N) is 3. The molecule has 30 heavy (non-hydrogen) atoms. The number of aromatic nitrogens is 1. The maximum atomic E-state index is 12.7. The van der Waals surface area contributed by atoms with Crippen LogP contribution in [0, 0.1) is 0 Å². The van der Waals surface area contributed by atoms with Crippen LogP contribution in [0.4, 0.5) is 11.4 Å². The molecule has 3 aromatic rings. The summed E-state index contributed by atoms with van der Waals surface area (Å²) in [4.78, 5) is 29.2. The van der Waals surface area contributed by atoms with Crippen molar-refractivity contribution in [1.29, 1.82) is 0 Å². The molecular formula is C23H25N5O2. The van der Waals surface area contributed by atoms with E-state index in [4.69, 9.17) is 5.73 Å². The summed E-state index contributed by atoms with van der Waals surface area (Å²) in [7, 11) is 0. The first-order chi connectivity index (χ1) is 14.5. The number of anilines is 2. The van der Waals surface area contributed by atoms with Crippen molar-refractivity contribution in [1.82, 2.24) is 15.6 Å². The molecule has 2 aromatic carbocycles. The predicted octanol–water partition coefficient (Wildman–Crippen LogP) is 3.44. The number of amides is 2. The van der Waals surface area contributed by atoms with Crippen molar-refractivity contribution in [2.24, 2.45) is 0 Å². The number of hydrogen-bond acceptors (Lipinski definition) is 5. The fraction of sp³-hybridized carbons (Fsp3) is 0.174. The Labute approximate surface area is 175 Å². The number of pyridine rings is 1. The molecule has 0 aliphatic carbocycles. The zero-order valence-electron chi connectivity index (χ0n) is 16.9. The van der Waals surface area contributed by atoms with E-state index in [2.05, 4.69) is 34.4 Å². The number of nitrogen functional groups attached to an aromatic ring is 1. The van der Waals surface area contributed by atoms with Crippen LogP contribution in [0.3, 0.4) is 0 Å². The van der Waals surface area contributed by atoms with E-state index in [1.807, 2.05) is 24.3 Å². The van der Waals surface area contributed by atoms with Gasteiger partial charge in [0.1, 0.15) is 5.69 Å².